The lowest BCUT2D eigenvalue weighted by Gasteiger charge is -2.51. The Labute approximate surface area is 195 Å². The van der Waals surface area contributed by atoms with Crippen LogP contribution in [0.2, 0.25) is 0 Å². The lowest BCUT2D eigenvalue weighted by atomic mass is 9.63. The summed E-state index contributed by atoms with van der Waals surface area (Å²) in [5.41, 5.74) is 0.631. The molecule has 3 aromatic rings. The SMILES string of the molecule is COc1cc(F)c(C[C@@H](NC(=O)NC23CCC(O)(CC2)CC3)c2nc3ccccc3[nH]2)cc1F. The summed E-state index contributed by atoms with van der Waals surface area (Å²) >= 11 is 0. The number of benzene rings is 2. The Bertz CT molecular complexity index is 1170. The summed E-state index contributed by atoms with van der Waals surface area (Å²) in [5, 5.41) is 16.5. The Balaban J connectivity index is 1.40. The summed E-state index contributed by atoms with van der Waals surface area (Å²) in [4.78, 5) is 20.9. The molecule has 9 heteroatoms. The molecule has 2 aromatic carbocycles. The van der Waals surface area contributed by atoms with E-state index >= 15 is 0 Å². The van der Waals surface area contributed by atoms with E-state index in [1.54, 1.807) is 0 Å². The fraction of sp³-hybridized carbons (Fsp3) is 0.440. The maximum absolute atomic E-state index is 14.7. The number of nitrogens with zero attached hydrogens (tertiary/aromatic N) is 1. The number of halogens is 2. The highest BCUT2D eigenvalue weighted by molar-refractivity contribution is 5.77. The van der Waals surface area contributed by atoms with Crippen LogP contribution >= 0.6 is 0 Å². The third-order valence-corrected chi connectivity index (χ3v) is 7.37. The molecular formula is C25H28F2N4O3. The number of carbonyl (C=O) groups excluding carboxylic acids is 1. The van der Waals surface area contributed by atoms with Gasteiger partial charge in [-0.15, -0.1) is 0 Å². The van der Waals surface area contributed by atoms with Crippen LogP contribution in [0.25, 0.3) is 11.0 Å². The summed E-state index contributed by atoms with van der Waals surface area (Å²) in [5.74, 6) is -1.03. The van der Waals surface area contributed by atoms with E-state index in [1.807, 2.05) is 24.3 Å². The summed E-state index contributed by atoms with van der Waals surface area (Å²) in [7, 11) is 1.28. The molecular weight excluding hydrogens is 442 g/mol. The molecule has 2 bridgehead atoms. The standard InChI is InChI=1S/C25H28F2N4O3/c1-34-21-14-16(26)15(12-17(21)27)13-20(22-28-18-4-2-3-5-19(18)29-22)30-23(32)31-24-6-9-25(33,10-7-24)11-8-24/h2-5,12,14,20,33H,6-11,13H2,1H3,(H,28,29)(H2,30,31,32)/t20-,24?,25?/m1/s1. The molecule has 180 valence electrons. The number of methoxy groups -OCH3 is 1. The third-order valence-electron chi connectivity index (χ3n) is 7.37. The van der Waals surface area contributed by atoms with Gasteiger partial charge in [-0.1, -0.05) is 12.1 Å². The zero-order chi connectivity index (χ0) is 23.9. The maximum atomic E-state index is 14.7. The minimum absolute atomic E-state index is 0.00720. The van der Waals surface area contributed by atoms with Crippen LogP contribution in [0.3, 0.4) is 0 Å². The van der Waals surface area contributed by atoms with E-state index in [-0.39, 0.29) is 23.3 Å². The molecule has 0 saturated heterocycles. The average Bonchev–Trinajstić information content (AvgIpc) is 3.26. The number of amides is 2. The van der Waals surface area contributed by atoms with Crippen LogP contribution in [0.5, 0.6) is 5.75 Å². The van der Waals surface area contributed by atoms with E-state index < -0.39 is 29.3 Å². The lowest BCUT2D eigenvalue weighted by Crippen LogP contribution is -2.60. The molecule has 0 unspecified atom stereocenters. The van der Waals surface area contributed by atoms with Crippen molar-refractivity contribution in [1.82, 2.24) is 20.6 Å². The fourth-order valence-electron chi connectivity index (χ4n) is 5.24. The Morgan fingerprint density at radius 1 is 1.15 bits per heavy atom. The molecule has 2 amide bonds. The highest BCUT2D eigenvalue weighted by Crippen LogP contribution is 2.46. The van der Waals surface area contributed by atoms with Gasteiger partial charge < -0.3 is 25.5 Å². The molecule has 3 aliphatic rings. The van der Waals surface area contributed by atoms with Gasteiger partial charge in [-0.3, -0.25) is 0 Å². The number of fused-ring (bicyclic) bond motifs is 4. The van der Waals surface area contributed by atoms with Gasteiger partial charge in [-0.05, 0) is 62.3 Å². The van der Waals surface area contributed by atoms with Crippen molar-refractivity contribution < 1.29 is 23.4 Å². The number of carbonyl (C=O) groups is 1. The van der Waals surface area contributed by atoms with E-state index in [1.165, 1.54) is 7.11 Å². The van der Waals surface area contributed by atoms with E-state index in [4.69, 9.17) is 4.74 Å². The molecule has 4 N–H and O–H groups in total. The largest absolute Gasteiger partial charge is 0.494 e. The smallest absolute Gasteiger partial charge is 0.315 e. The minimum Gasteiger partial charge on any atom is -0.494 e. The van der Waals surface area contributed by atoms with Gasteiger partial charge in [0.15, 0.2) is 11.6 Å². The van der Waals surface area contributed by atoms with Crippen molar-refractivity contribution in [3.05, 3.63) is 59.4 Å². The van der Waals surface area contributed by atoms with Gasteiger partial charge >= 0.3 is 6.03 Å². The molecule has 0 radical (unpaired) electrons. The van der Waals surface area contributed by atoms with Crippen molar-refractivity contribution in [3.8, 4) is 5.75 Å². The van der Waals surface area contributed by atoms with Gasteiger partial charge in [0.05, 0.1) is 29.8 Å². The number of H-pyrrole nitrogens is 1. The molecule has 1 heterocycles. The Morgan fingerprint density at radius 2 is 1.85 bits per heavy atom. The first kappa shape index (κ1) is 22.6. The number of hydrogen-bond donors (Lipinski definition) is 4. The molecule has 3 saturated carbocycles. The molecule has 34 heavy (non-hydrogen) atoms. The summed E-state index contributed by atoms with van der Waals surface area (Å²) in [6.07, 6.45) is 4.12. The molecule has 0 spiro atoms. The van der Waals surface area contributed by atoms with E-state index in [0.717, 1.165) is 17.6 Å². The average molecular weight is 471 g/mol. The molecule has 1 aromatic heterocycles. The predicted molar refractivity (Wildman–Crippen MR) is 122 cm³/mol. The van der Waals surface area contributed by atoms with Crippen molar-refractivity contribution in [3.63, 3.8) is 0 Å². The number of aromatic amines is 1. The number of imidazole rings is 1. The zero-order valence-corrected chi connectivity index (χ0v) is 19.0. The van der Waals surface area contributed by atoms with Crippen molar-refractivity contribution in [2.75, 3.05) is 7.11 Å². The highest BCUT2D eigenvalue weighted by Gasteiger charge is 2.48. The number of hydrogen-bond acceptors (Lipinski definition) is 4. The molecule has 6 rings (SSSR count). The number of urea groups is 1. The number of nitrogens with one attached hydrogen (secondary N) is 3. The summed E-state index contributed by atoms with van der Waals surface area (Å²) in [6.45, 7) is 0. The van der Waals surface area contributed by atoms with Crippen molar-refractivity contribution in [1.29, 1.82) is 0 Å². The predicted octanol–water partition coefficient (Wildman–Crippen LogP) is 4.27. The van der Waals surface area contributed by atoms with Crippen molar-refractivity contribution in [2.24, 2.45) is 0 Å². The topological polar surface area (TPSA) is 99.3 Å². The van der Waals surface area contributed by atoms with Gasteiger partial charge in [0, 0.05) is 18.0 Å². The molecule has 3 fully saturated rings. The van der Waals surface area contributed by atoms with Gasteiger partial charge in [-0.25, -0.2) is 18.6 Å². The summed E-state index contributed by atoms with van der Waals surface area (Å²) < 4.78 is 33.9. The Morgan fingerprint density at radius 3 is 2.53 bits per heavy atom. The van der Waals surface area contributed by atoms with Gasteiger partial charge in [0.2, 0.25) is 0 Å². The molecule has 0 aliphatic heterocycles. The number of aromatic nitrogens is 2. The first-order valence-electron chi connectivity index (χ1n) is 11.6. The molecule has 3 aliphatic carbocycles. The van der Waals surface area contributed by atoms with Crippen LogP contribution in [0.15, 0.2) is 36.4 Å². The number of rotatable bonds is 6. The van der Waals surface area contributed by atoms with Crippen LogP contribution in [0, 0.1) is 11.6 Å². The van der Waals surface area contributed by atoms with E-state index in [2.05, 4.69) is 20.6 Å². The molecule has 7 nitrogen and oxygen atoms in total. The van der Waals surface area contributed by atoms with Crippen LogP contribution in [0.4, 0.5) is 13.6 Å². The third kappa shape index (κ3) is 4.32. The van der Waals surface area contributed by atoms with Crippen molar-refractivity contribution in [2.45, 2.75) is 62.1 Å². The van der Waals surface area contributed by atoms with E-state index in [0.29, 0.717) is 49.9 Å². The van der Waals surface area contributed by atoms with Crippen LogP contribution < -0.4 is 15.4 Å². The second-order valence-corrected chi connectivity index (χ2v) is 9.58. The quantitative estimate of drug-likeness (QED) is 0.432. The first-order valence-corrected chi connectivity index (χ1v) is 11.6. The van der Waals surface area contributed by atoms with Gasteiger partial charge in [-0.2, -0.15) is 0 Å². The van der Waals surface area contributed by atoms with Gasteiger partial charge in [0.1, 0.15) is 11.6 Å². The summed E-state index contributed by atoms with van der Waals surface area (Å²) in [6, 6.07) is 8.39. The normalized spacial score (nSPS) is 24.7. The van der Waals surface area contributed by atoms with E-state index in [9.17, 15) is 18.7 Å². The second-order valence-electron chi connectivity index (χ2n) is 9.58. The minimum atomic E-state index is -0.727. The monoisotopic (exact) mass is 470 g/mol. The first-order chi connectivity index (χ1) is 16.3. The van der Waals surface area contributed by atoms with Crippen molar-refractivity contribution >= 4 is 17.1 Å². The van der Waals surface area contributed by atoms with Gasteiger partial charge in [0.25, 0.3) is 0 Å². The fourth-order valence-corrected chi connectivity index (χ4v) is 5.24. The zero-order valence-electron chi connectivity index (χ0n) is 19.0. The van der Waals surface area contributed by atoms with Crippen LogP contribution in [-0.2, 0) is 6.42 Å². The molecule has 1 atom stereocenters. The second kappa shape index (κ2) is 8.54. The highest BCUT2D eigenvalue weighted by atomic mass is 19.1. The Kier molecular flexibility index (Phi) is 5.67. The number of aliphatic hydroxyl groups is 1. The Hall–Kier alpha value is -3.20. The lowest BCUT2D eigenvalue weighted by molar-refractivity contribution is -0.0694. The van der Waals surface area contributed by atoms with Crippen LogP contribution in [-0.4, -0.2) is 39.4 Å². The maximum Gasteiger partial charge on any atom is 0.315 e. The number of ether oxygens (including phenoxy) is 1. The number of para-hydroxylation sites is 2. The van der Waals surface area contributed by atoms with Crippen LogP contribution in [0.1, 0.15) is 56.0 Å².